The predicted octanol–water partition coefficient (Wildman–Crippen LogP) is 1.13. The van der Waals surface area contributed by atoms with Crippen molar-refractivity contribution in [2.24, 2.45) is 0 Å². The van der Waals surface area contributed by atoms with Gasteiger partial charge in [-0.2, -0.15) is 4.98 Å². The van der Waals surface area contributed by atoms with Crippen LogP contribution < -0.4 is 4.90 Å². The molecular formula is C12H17N3O3. The topological polar surface area (TPSA) is 68.5 Å². The Morgan fingerprint density at radius 2 is 2.06 bits per heavy atom. The van der Waals surface area contributed by atoms with E-state index in [0.717, 1.165) is 32.4 Å². The second kappa shape index (κ2) is 5.06. The highest BCUT2D eigenvalue weighted by atomic mass is 16.5. The SMILES string of the molecule is O=C1CCCCC1c1nc(N2CCOCC2)no1. The van der Waals surface area contributed by atoms with Gasteiger partial charge in [0.2, 0.25) is 5.89 Å². The molecule has 1 aromatic rings. The van der Waals surface area contributed by atoms with Crippen LogP contribution in [0, 0.1) is 0 Å². The van der Waals surface area contributed by atoms with Crippen molar-refractivity contribution in [2.45, 2.75) is 31.6 Å². The first kappa shape index (κ1) is 11.6. The van der Waals surface area contributed by atoms with Crippen LogP contribution in [0.3, 0.4) is 0 Å². The largest absolute Gasteiger partial charge is 0.378 e. The molecule has 1 aromatic heterocycles. The van der Waals surface area contributed by atoms with E-state index in [0.29, 0.717) is 31.5 Å². The highest BCUT2D eigenvalue weighted by Gasteiger charge is 2.29. The van der Waals surface area contributed by atoms with Gasteiger partial charge in [0.15, 0.2) is 0 Å². The van der Waals surface area contributed by atoms with Gasteiger partial charge in [-0.25, -0.2) is 0 Å². The molecule has 6 nitrogen and oxygen atoms in total. The molecule has 1 saturated heterocycles. The third-order valence-electron chi connectivity index (χ3n) is 3.58. The van der Waals surface area contributed by atoms with Crippen LogP contribution in [0.15, 0.2) is 4.52 Å². The molecule has 0 aromatic carbocycles. The zero-order valence-corrected chi connectivity index (χ0v) is 10.3. The molecule has 1 aliphatic carbocycles. The first-order valence-corrected chi connectivity index (χ1v) is 6.53. The minimum atomic E-state index is -0.180. The van der Waals surface area contributed by atoms with E-state index in [4.69, 9.17) is 9.26 Å². The van der Waals surface area contributed by atoms with Crippen molar-refractivity contribution in [1.29, 1.82) is 0 Å². The van der Waals surface area contributed by atoms with E-state index in [2.05, 4.69) is 10.1 Å². The third-order valence-corrected chi connectivity index (χ3v) is 3.58. The molecule has 2 heterocycles. The first-order valence-electron chi connectivity index (χ1n) is 6.53. The summed E-state index contributed by atoms with van der Waals surface area (Å²) in [4.78, 5) is 18.2. The van der Waals surface area contributed by atoms with Gasteiger partial charge in [0.1, 0.15) is 5.78 Å². The molecule has 1 atom stereocenters. The quantitative estimate of drug-likeness (QED) is 0.785. The number of carbonyl (C=O) groups is 1. The van der Waals surface area contributed by atoms with Gasteiger partial charge in [-0.3, -0.25) is 4.79 Å². The number of anilines is 1. The minimum Gasteiger partial charge on any atom is -0.378 e. The summed E-state index contributed by atoms with van der Waals surface area (Å²) in [6.45, 7) is 2.92. The smallest absolute Gasteiger partial charge is 0.266 e. The van der Waals surface area contributed by atoms with E-state index in [1.54, 1.807) is 0 Å². The van der Waals surface area contributed by atoms with Crippen molar-refractivity contribution < 1.29 is 14.1 Å². The lowest BCUT2D eigenvalue weighted by molar-refractivity contribution is -0.122. The summed E-state index contributed by atoms with van der Waals surface area (Å²) in [6, 6.07) is 0. The Kier molecular flexibility index (Phi) is 3.27. The second-order valence-corrected chi connectivity index (χ2v) is 4.80. The molecule has 6 heteroatoms. The number of hydrogen-bond acceptors (Lipinski definition) is 6. The maximum Gasteiger partial charge on any atom is 0.266 e. The van der Waals surface area contributed by atoms with Gasteiger partial charge < -0.3 is 14.2 Å². The number of rotatable bonds is 2. The van der Waals surface area contributed by atoms with Gasteiger partial charge in [0.25, 0.3) is 5.95 Å². The highest BCUT2D eigenvalue weighted by molar-refractivity contribution is 5.85. The van der Waals surface area contributed by atoms with Crippen molar-refractivity contribution in [3.8, 4) is 0 Å². The Labute approximate surface area is 105 Å². The van der Waals surface area contributed by atoms with Crippen LogP contribution in [-0.4, -0.2) is 42.2 Å². The zero-order valence-electron chi connectivity index (χ0n) is 10.3. The van der Waals surface area contributed by atoms with Crippen molar-refractivity contribution in [3.05, 3.63) is 5.89 Å². The van der Waals surface area contributed by atoms with Crippen molar-refractivity contribution in [3.63, 3.8) is 0 Å². The average Bonchev–Trinajstić information content (AvgIpc) is 2.90. The van der Waals surface area contributed by atoms with Crippen LogP contribution >= 0.6 is 0 Å². The van der Waals surface area contributed by atoms with Gasteiger partial charge in [0, 0.05) is 19.5 Å². The fourth-order valence-electron chi connectivity index (χ4n) is 2.50. The number of carbonyl (C=O) groups excluding carboxylic acids is 1. The molecule has 18 heavy (non-hydrogen) atoms. The van der Waals surface area contributed by atoms with Crippen molar-refractivity contribution >= 4 is 11.7 Å². The summed E-state index contributed by atoms with van der Waals surface area (Å²) in [7, 11) is 0. The number of ether oxygens (including phenoxy) is 1. The lowest BCUT2D eigenvalue weighted by Gasteiger charge is -2.24. The van der Waals surface area contributed by atoms with E-state index in [1.165, 1.54) is 0 Å². The Morgan fingerprint density at radius 1 is 1.22 bits per heavy atom. The third kappa shape index (κ3) is 2.25. The van der Waals surface area contributed by atoms with Gasteiger partial charge in [0.05, 0.1) is 19.1 Å². The van der Waals surface area contributed by atoms with Gasteiger partial charge in [-0.1, -0.05) is 6.42 Å². The molecular weight excluding hydrogens is 234 g/mol. The van der Waals surface area contributed by atoms with Crippen LogP contribution in [0.4, 0.5) is 5.95 Å². The molecule has 0 bridgehead atoms. The van der Waals surface area contributed by atoms with Gasteiger partial charge in [-0.15, -0.1) is 0 Å². The normalized spacial score (nSPS) is 25.4. The van der Waals surface area contributed by atoms with E-state index in [-0.39, 0.29) is 11.7 Å². The van der Waals surface area contributed by atoms with E-state index < -0.39 is 0 Å². The number of nitrogens with zero attached hydrogens (tertiary/aromatic N) is 3. The number of Topliss-reactive ketones (excluding diaryl/α,β-unsaturated/α-hetero) is 1. The zero-order chi connectivity index (χ0) is 12.4. The summed E-state index contributed by atoms with van der Waals surface area (Å²) in [5, 5.41) is 3.98. The Balaban J connectivity index is 1.73. The molecule has 1 unspecified atom stereocenters. The van der Waals surface area contributed by atoms with Crippen LogP contribution in [-0.2, 0) is 9.53 Å². The second-order valence-electron chi connectivity index (χ2n) is 4.80. The number of morpholine rings is 1. The molecule has 3 rings (SSSR count). The highest BCUT2D eigenvalue weighted by Crippen LogP contribution is 2.29. The average molecular weight is 251 g/mol. The maximum atomic E-state index is 11.8. The van der Waals surface area contributed by atoms with Crippen molar-refractivity contribution in [2.75, 3.05) is 31.2 Å². The fraction of sp³-hybridized carbons (Fsp3) is 0.750. The Bertz CT molecular complexity index is 426. The molecule has 1 saturated carbocycles. The number of hydrogen-bond donors (Lipinski definition) is 0. The summed E-state index contributed by atoms with van der Waals surface area (Å²) in [5.74, 6) is 1.13. The van der Waals surface area contributed by atoms with Crippen LogP contribution in [0.2, 0.25) is 0 Å². The lowest BCUT2D eigenvalue weighted by atomic mass is 9.88. The van der Waals surface area contributed by atoms with Crippen LogP contribution in [0.1, 0.15) is 37.5 Å². The molecule has 0 amide bonds. The van der Waals surface area contributed by atoms with E-state index >= 15 is 0 Å². The minimum absolute atomic E-state index is 0.180. The summed E-state index contributed by atoms with van der Waals surface area (Å²) in [6.07, 6.45) is 3.52. The van der Waals surface area contributed by atoms with E-state index in [1.807, 2.05) is 4.90 Å². The lowest BCUT2D eigenvalue weighted by Crippen LogP contribution is -2.36. The first-order chi connectivity index (χ1) is 8.84. The molecule has 0 radical (unpaired) electrons. The number of aromatic nitrogens is 2. The molecule has 98 valence electrons. The standard InChI is InChI=1S/C12H17N3O3/c16-10-4-2-1-3-9(10)11-13-12(14-18-11)15-5-7-17-8-6-15/h9H,1-8H2. The Hall–Kier alpha value is -1.43. The predicted molar refractivity (Wildman–Crippen MR) is 63.5 cm³/mol. The molecule has 0 spiro atoms. The molecule has 2 fully saturated rings. The Morgan fingerprint density at radius 3 is 2.83 bits per heavy atom. The van der Waals surface area contributed by atoms with Gasteiger partial charge >= 0.3 is 0 Å². The number of ketones is 1. The van der Waals surface area contributed by atoms with Crippen LogP contribution in [0.25, 0.3) is 0 Å². The summed E-state index contributed by atoms with van der Waals surface area (Å²) < 4.78 is 10.5. The summed E-state index contributed by atoms with van der Waals surface area (Å²) in [5.41, 5.74) is 0. The maximum absolute atomic E-state index is 11.8. The molecule has 1 aliphatic heterocycles. The molecule has 0 N–H and O–H groups in total. The van der Waals surface area contributed by atoms with Crippen molar-refractivity contribution in [1.82, 2.24) is 10.1 Å². The fourth-order valence-corrected chi connectivity index (χ4v) is 2.50. The van der Waals surface area contributed by atoms with E-state index in [9.17, 15) is 4.79 Å². The molecule has 2 aliphatic rings. The van der Waals surface area contributed by atoms with Gasteiger partial charge in [-0.05, 0) is 18.0 Å². The summed E-state index contributed by atoms with van der Waals surface area (Å²) >= 11 is 0. The monoisotopic (exact) mass is 251 g/mol. The van der Waals surface area contributed by atoms with Crippen LogP contribution in [0.5, 0.6) is 0 Å².